The maximum absolute atomic E-state index is 12.8. The Balaban J connectivity index is 1.49. The molecule has 2 amide bonds. The second-order valence-corrected chi connectivity index (χ2v) is 7.75. The Bertz CT molecular complexity index is 1260. The van der Waals surface area contributed by atoms with Gasteiger partial charge in [0, 0.05) is 24.9 Å². The fourth-order valence-electron chi connectivity index (χ4n) is 3.50. The van der Waals surface area contributed by atoms with Gasteiger partial charge in [-0.2, -0.15) is 0 Å². The lowest BCUT2D eigenvalue weighted by molar-refractivity contribution is -0.112. The number of carbonyl (C=O) groups excluding carboxylic acids is 2. The predicted molar refractivity (Wildman–Crippen MR) is 133 cm³/mol. The summed E-state index contributed by atoms with van der Waals surface area (Å²) in [4.78, 5) is 25.2. The Kier molecular flexibility index (Phi) is 7.57. The summed E-state index contributed by atoms with van der Waals surface area (Å²) in [5.74, 6) is 0.692. The number of carbonyl (C=O) groups is 2. The number of phenols is 1. The Hall–Kier alpha value is -4.70. The summed E-state index contributed by atoms with van der Waals surface area (Å²) in [6, 6.07) is 17.9. The van der Waals surface area contributed by atoms with E-state index in [0.29, 0.717) is 34.1 Å². The number of phenolic OH excluding ortho intramolecular Hbond substituents is 1. The van der Waals surface area contributed by atoms with Crippen molar-refractivity contribution in [2.24, 2.45) is 0 Å². The molecule has 0 bridgehead atoms. The van der Waals surface area contributed by atoms with Gasteiger partial charge in [-0.3, -0.25) is 10.1 Å². The molecule has 0 unspecified atom stereocenters. The summed E-state index contributed by atoms with van der Waals surface area (Å²) >= 11 is 0. The van der Waals surface area contributed by atoms with E-state index in [-0.39, 0.29) is 12.5 Å². The first-order valence-electron chi connectivity index (χ1n) is 11.0. The molecule has 1 aliphatic rings. The van der Waals surface area contributed by atoms with Crippen LogP contribution in [0, 0.1) is 0 Å². The third-order valence-electron chi connectivity index (χ3n) is 5.30. The highest BCUT2D eigenvalue weighted by Crippen LogP contribution is 2.34. The fourth-order valence-corrected chi connectivity index (χ4v) is 3.50. The first kappa shape index (κ1) is 24.4. The van der Waals surface area contributed by atoms with Crippen LogP contribution in [0.4, 0.5) is 21.9 Å². The van der Waals surface area contributed by atoms with Crippen LogP contribution in [0.2, 0.25) is 0 Å². The van der Waals surface area contributed by atoms with Gasteiger partial charge in [0.05, 0.1) is 11.4 Å². The molecule has 5 N–H and O–H groups in total. The zero-order valence-corrected chi connectivity index (χ0v) is 19.3. The molecule has 2 atom stereocenters. The number of rotatable bonds is 8. The number of nitrogens with one attached hydrogen (secondary N) is 2. The summed E-state index contributed by atoms with van der Waals surface area (Å²) in [7, 11) is 1.43. The third kappa shape index (κ3) is 6.05. The molecule has 0 radical (unpaired) electrons. The smallest absolute Gasteiger partial charge is 0.412 e. The number of ether oxygens (including phenoxy) is 4. The summed E-state index contributed by atoms with van der Waals surface area (Å²) in [6.45, 7) is 0.110. The van der Waals surface area contributed by atoms with Crippen molar-refractivity contribution in [1.29, 1.82) is 0 Å². The van der Waals surface area contributed by atoms with Gasteiger partial charge in [-0.1, -0.05) is 24.3 Å². The summed E-state index contributed by atoms with van der Waals surface area (Å²) in [5, 5.41) is 15.0. The number of methoxy groups -OCH3 is 1. The number of nitrogens with two attached hydrogens (primary N) is 1. The molecular weight excluding hydrogens is 466 g/mol. The van der Waals surface area contributed by atoms with E-state index in [1.54, 1.807) is 54.6 Å². The van der Waals surface area contributed by atoms with Crippen molar-refractivity contribution in [1.82, 2.24) is 0 Å². The van der Waals surface area contributed by atoms with Crippen LogP contribution in [0.25, 0.3) is 0 Å². The number of benzene rings is 3. The number of anilines is 3. The average Bonchev–Trinajstić information content (AvgIpc) is 3.33. The maximum atomic E-state index is 12.8. The molecule has 186 valence electrons. The maximum Gasteiger partial charge on any atom is 0.412 e. The van der Waals surface area contributed by atoms with Crippen molar-refractivity contribution in [3.8, 4) is 17.2 Å². The lowest BCUT2D eigenvalue weighted by Crippen LogP contribution is -2.27. The van der Waals surface area contributed by atoms with Crippen LogP contribution in [0.15, 0.2) is 78.9 Å². The van der Waals surface area contributed by atoms with E-state index in [4.69, 9.17) is 24.7 Å². The molecule has 1 heterocycles. The highest BCUT2D eigenvalue weighted by molar-refractivity contribution is 6.01. The van der Waals surface area contributed by atoms with Gasteiger partial charge >= 0.3 is 6.09 Å². The average molecular weight is 492 g/mol. The van der Waals surface area contributed by atoms with Gasteiger partial charge in [0.2, 0.25) is 12.7 Å². The highest BCUT2D eigenvalue weighted by atomic mass is 16.7. The number of nitrogen functional groups attached to an aromatic ring is 1. The van der Waals surface area contributed by atoms with E-state index in [0.717, 1.165) is 0 Å². The fraction of sp³-hybridized carbons (Fsp3) is 0.154. The van der Waals surface area contributed by atoms with E-state index in [1.165, 1.54) is 31.4 Å². The van der Waals surface area contributed by atoms with Crippen molar-refractivity contribution in [3.05, 3.63) is 84.4 Å². The topological polar surface area (TPSA) is 141 Å². The van der Waals surface area contributed by atoms with Gasteiger partial charge in [-0.05, 0) is 48.0 Å². The molecule has 0 aromatic heterocycles. The van der Waals surface area contributed by atoms with Crippen LogP contribution >= 0.6 is 0 Å². The lowest BCUT2D eigenvalue weighted by Gasteiger charge is -2.24. The van der Waals surface area contributed by atoms with Crippen LogP contribution in [0.1, 0.15) is 11.7 Å². The minimum Gasteiger partial charge on any atom is -0.508 e. The number of hydrogen-bond donors (Lipinski definition) is 4. The van der Waals surface area contributed by atoms with E-state index in [9.17, 15) is 14.7 Å². The lowest BCUT2D eigenvalue weighted by atomic mass is 10.0. The zero-order chi connectivity index (χ0) is 25.5. The van der Waals surface area contributed by atoms with E-state index in [1.807, 2.05) is 0 Å². The van der Waals surface area contributed by atoms with Crippen LogP contribution < -0.4 is 25.8 Å². The number of aromatic hydroxyl groups is 1. The van der Waals surface area contributed by atoms with Gasteiger partial charge in [0.15, 0.2) is 17.6 Å². The molecule has 0 saturated carbocycles. The van der Waals surface area contributed by atoms with Crippen LogP contribution in [0.5, 0.6) is 17.2 Å². The molecule has 0 aliphatic carbocycles. The second kappa shape index (κ2) is 11.2. The van der Waals surface area contributed by atoms with E-state index < -0.39 is 24.2 Å². The Labute approximate surface area is 207 Å². The molecule has 0 saturated heterocycles. The molecule has 4 rings (SSSR count). The highest BCUT2D eigenvalue weighted by Gasteiger charge is 2.26. The van der Waals surface area contributed by atoms with Crippen molar-refractivity contribution < 1.29 is 33.6 Å². The number of para-hydroxylation sites is 2. The van der Waals surface area contributed by atoms with Gasteiger partial charge in [-0.15, -0.1) is 0 Å². The van der Waals surface area contributed by atoms with Gasteiger partial charge < -0.3 is 35.1 Å². The normalized spacial score (nSPS) is 13.7. The van der Waals surface area contributed by atoms with Gasteiger partial charge in [0.1, 0.15) is 11.9 Å². The van der Waals surface area contributed by atoms with Gasteiger partial charge in [-0.25, -0.2) is 4.79 Å². The molecule has 3 aromatic rings. The van der Waals surface area contributed by atoms with Crippen LogP contribution in [-0.4, -0.2) is 37.1 Å². The third-order valence-corrected chi connectivity index (χ3v) is 5.30. The molecular formula is C26H25N3O7. The van der Waals surface area contributed by atoms with Crippen molar-refractivity contribution in [3.63, 3.8) is 0 Å². The predicted octanol–water partition coefficient (Wildman–Crippen LogP) is 4.20. The van der Waals surface area contributed by atoms with E-state index in [2.05, 4.69) is 10.6 Å². The second-order valence-electron chi connectivity index (χ2n) is 7.75. The monoisotopic (exact) mass is 491 g/mol. The molecule has 10 heteroatoms. The Morgan fingerprint density at radius 3 is 2.53 bits per heavy atom. The summed E-state index contributed by atoms with van der Waals surface area (Å²) in [5.41, 5.74) is 7.75. The minimum atomic E-state index is -0.949. The standard InChI is InChI=1S/C26H25N3O7/c1-33-22(12-13-24(31)29-20-5-3-2-4-19(20)27)25(16-6-9-18(30)10-7-16)36-26(32)28-17-8-11-21-23(14-17)35-15-34-21/h2-14,22,25,30H,15,27H2,1H3,(H,28,32)(H,29,31)/b13-12+/t22-,25-/m0/s1. The first-order valence-corrected chi connectivity index (χ1v) is 11.0. The number of amides is 2. The van der Waals surface area contributed by atoms with Crippen LogP contribution in [0.3, 0.4) is 0 Å². The Morgan fingerprint density at radius 1 is 1.03 bits per heavy atom. The first-order chi connectivity index (χ1) is 17.4. The van der Waals surface area contributed by atoms with Gasteiger partial charge in [0.25, 0.3) is 0 Å². The largest absolute Gasteiger partial charge is 0.508 e. The molecule has 10 nitrogen and oxygen atoms in total. The minimum absolute atomic E-state index is 0.0478. The van der Waals surface area contributed by atoms with Crippen LogP contribution in [-0.2, 0) is 14.3 Å². The number of fused-ring (bicyclic) bond motifs is 1. The SMILES string of the molecule is CO[C@@H](/C=C/C(=O)Nc1ccccc1N)[C@@H](OC(=O)Nc1ccc2c(c1)OCO2)c1ccc(O)cc1. The van der Waals surface area contributed by atoms with Crippen molar-refractivity contribution >= 4 is 29.1 Å². The molecule has 3 aromatic carbocycles. The number of hydrogen-bond acceptors (Lipinski definition) is 8. The molecule has 0 fully saturated rings. The molecule has 1 aliphatic heterocycles. The zero-order valence-electron chi connectivity index (χ0n) is 19.3. The quantitative estimate of drug-likeness (QED) is 0.271. The van der Waals surface area contributed by atoms with E-state index >= 15 is 0 Å². The van der Waals surface area contributed by atoms with Crippen molar-refractivity contribution in [2.45, 2.75) is 12.2 Å². The Morgan fingerprint density at radius 2 is 1.78 bits per heavy atom. The molecule has 0 spiro atoms. The molecule has 36 heavy (non-hydrogen) atoms. The summed E-state index contributed by atoms with van der Waals surface area (Å²) in [6.07, 6.45) is 0.197. The van der Waals surface area contributed by atoms with Crippen molar-refractivity contribution in [2.75, 3.05) is 30.3 Å². The summed E-state index contributed by atoms with van der Waals surface area (Å²) < 4.78 is 21.8.